The van der Waals surface area contributed by atoms with E-state index < -0.39 is 15.3 Å². The minimum absolute atomic E-state index is 0.105. The molecule has 0 amide bonds. The monoisotopic (exact) mass is 420 g/mol. The summed E-state index contributed by atoms with van der Waals surface area (Å²) in [5.41, 5.74) is 3.02. The Labute approximate surface area is 176 Å². The molecule has 3 aromatic rings. The van der Waals surface area contributed by atoms with Crippen molar-refractivity contribution >= 4 is 26.8 Å². The fourth-order valence-electron chi connectivity index (χ4n) is 3.48. The molecule has 1 heterocycles. The van der Waals surface area contributed by atoms with Gasteiger partial charge in [-0.15, -0.1) is 0 Å². The van der Waals surface area contributed by atoms with Gasteiger partial charge >= 0.3 is 0 Å². The standard InChI is InChI=1S/C24H24N2O3S/c1-4-19-13-20-8-9-21(14-22(20)26-23(19)27)24(2,16-25)15-18-7-5-6-17(12-18)10-11-30(3,28)29/h5-14H,4,15H2,1-3H3,(H,26,27)/t24-/m0/s1. The first-order valence-corrected chi connectivity index (χ1v) is 11.6. The third-order valence-electron chi connectivity index (χ3n) is 5.20. The number of nitriles is 1. The number of hydrogen-bond acceptors (Lipinski definition) is 4. The van der Waals surface area contributed by atoms with Gasteiger partial charge in [0.05, 0.1) is 11.5 Å². The molecule has 30 heavy (non-hydrogen) atoms. The van der Waals surface area contributed by atoms with Crippen molar-refractivity contribution in [1.29, 1.82) is 5.26 Å². The molecule has 5 nitrogen and oxygen atoms in total. The first-order chi connectivity index (χ1) is 14.1. The van der Waals surface area contributed by atoms with Crippen molar-refractivity contribution < 1.29 is 8.42 Å². The van der Waals surface area contributed by atoms with Gasteiger partial charge in [-0.3, -0.25) is 4.79 Å². The van der Waals surface area contributed by atoms with Gasteiger partial charge in [-0.05, 0) is 60.1 Å². The van der Waals surface area contributed by atoms with Crippen molar-refractivity contribution in [2.75, 3.05) is 6.26 Å². The summed E-state index contributed by atoms with van der Waals surface area (Å²) in [7, 11) is -3.21. The lowest BCUT2D eigenvalue weighted by atomic mass is 9.78. The summed E-state index contributed by atoms with van der Waals surface area (Å²) >= 11 is 0. The van der Waals surface area contributed by atoms with Crippen LogP contribution in [0, 0.1) is 11.3 Å². The first kappa shape index (κ1) is 21.5. The zero-order valence-corrected chi connectivity index (χ0v) is 18.1. The average molecular weight is 421 g/mol. The topological polar surface area (TPSA) is 90.8 Å². The van der Waals surface area contributed by atoms with Crippen LogP contribution in [0.2, 0.25) is 0 Å². The van der Waals surface area contributed by atoms with E-state index in [0.717, 1.165) is 33.9 Å². The molecule has 1 aromatic heterocycles. The summed E-state index contributed by atoms with van der Waals surface area (Å²) < 4.78 is 22.7. The minimum atomic E-state index is -3.21. The number of benzene rings is 2. The molecule has 0 aliphatic rings. The Hall–Kier alpha value is -3.17. The van der Waals surface area contributed by atoms with Gasteiger partial charge in [0.25, 0.3) is 5.56 Å². The van der Waals surface area contributed by atoms with E-state index in [0.29, 0.717) is 18.4 Å². The van der Waals surface area contributed by atoms with Crippen molar-refractivity contribution in [3.05, 3.63) is 86.5 Å². The molecule has 0 aliphatic heterocycles. The molecule has 1 N–H and O–H groups in total. The molecule has 0 spiro atoms. The van der Waals surface area contributed by atoms with E-state index in [1.807, 2.05) is 62.4 Å². The van der Waals surface area contributed by atoms with Gasteiger partial charge in [0, 0.05) is 22.7 Å². The number of pyridine rings is 1. The number of aryl methyl sites for hydroxylation is 1. The molecule has 2 aromatic carbocycles. The highest BCUT2D eigenvalue weighted by atomic mass is 32.2. The number of rotatable bonds is 6. The van der Waals surface area contributed by atoms with Gasteiger partial charge in [-0.25, -0.2) is 8.42 Å². The molecular weight excluding hydrogens is 396 g/mol. The predicted octanol–water partition coefficient (Wildman–Crippen LogP) is 4.13. The van der Waals surface area contributed by atoms with E-state index in [4.69, 9.17) is 0 Å². The molecule has 0 fully saturated rings. The Balaban J connectivity index is 1.97. The SMILES string of the molecule is CCc1cc2ccc([C@](C)(C#N)Cc3cccc(C=CS(C)(=O)=O)c3)cc2[nH]c1=O. The number of nitrogens with one attached hydrogen (secondary N) is 1. The van der Waals surface area contributed by atoms with E-state index in [9.17, 15) is 18.5 Å². The quantitative estimate of drug-likeness (QED) is 0.649. The van der Waals surface area contributed by atoms with Crippen LogP contribution in [-0.4, -0.2) is 19.7 Å². The fraction of sp³-hybridized carbons (Fsp3) is 0.250. The van der Waals surface area contributed by atoms with Crippen molar-refractivity contribution in [2.45, 2.75) is 32.1 Å². The highest BCUT2D eigenvalue weighted by molar-refractivity contribution is 7.93. The third-order valence-corrected chi connectivity index (χ3v) is 5.83. The second-order valence-electron chi connectivity index (χ2n) is 7.78. The number of H-pyrrole nitrogens is 1. The van der Waals surface area contributed by atoms with Crippen LogP contribution in [0.25, 0.3) is 17.0 Å². The summed E-state index contributed by atoms with van der Waals surface area (Å²) in [4.78, 5) is 15.1. The van der Waals surface area contributed by atoms with Gasteiger partial charge in [0.2, 0.25) is 0 Å². The lowest BCUT2D eigenvalue weighted by molar-refractivity contribution is 0.607. The second kappa shape index (κ2) is 8.29. The van der Waals surface area contributed by atoms with Crippen LogP contribution in [0.15, 0.2) is 58.7 Å². The summed E-state index contributed by atoms with van der Waals surface area (Å²) in [6.45, 7) is 3.81. The molecule has 0 radical (unpaired) electrons. The number of fused-ring (bicyclic) bond motifs is 1. The molecule has 154 valence electrons. The third kappa shape index (κ3) is 4.87. The van der Waals surface area contributed by atoms with E-state index in [-0.39, 0.29) is 5.56 Å². The Bertz CT molecular complexity index is 1330. The van der Waals surface area contributed by atoms with E-state index in [1.54, 1.807) is 6.08 Å². The zero-order chi connectivity index (χ0) is 21.9. The zero-order valence-electron chi connectivity index (χ0n) is 17.3. The first-order valence-electron chi connectivity index (χ1n) is 9.68. The maximum Gasteiger partial charge on any atom is 0.251 e. The van der Waals surface area contributed by atoms with Crippen LogP contribution in [0.3, 0.4) is 0 Å². The molecule has 0 saturated carbocycles. The van der Waals surface area contributed by atoms with Crippen LogP contribution in [0.1, 0.15) is 36.1 Å². The number of nitrogens with zero attached hydrogens (tertiary/aromatic N) is 1. The second-order valence-corrected chi connectivity index (χ2v) is 9.71. The summed E-state index contributed by atoms with van der Waals surface area (Å²) in [5.74, 6) is 0. The average Bonchev–Trinajstić information content (AvgIpc) is 2.71. The number of sulfone groups is 1. The van der Waals surface area contributed by atoms with Crippen molar-refractivity contribution in [3.8, 4) is 6.07 Å². The molecule has 0 aliphatic carbocycles. The van der Waals surface area contributed by atoms with Gasteiger partial charge in [-0.1, -0.05) is 43.3 Å². The highest BCUT2D eigenvalue weighted by Crippen LogP contribution is 2.30. The molecular formula is C24H24N2O3S. The molecule has 3 rings (SSSR count). The molecule has 0 unspecified atom stereocenters. The smallest absolute Gasteiger partial charge is 0.251 e. The molecule has 1 atom stereocenters. The van der Waals surface area contributed by atoms with E-state index >= 15 is 0 Å². The van der Waals surface area contributed by atoms with Crippen molar-refractivity contribution in [1.82, 2.24) is 4.98 Å². The molecule has 0 saturated heterocycles. The van der Waals surface area contributed by atoms with Crippen LogP contribution in [0.4, 0.5) is 0 Å². The number of aromatic amines is 1. The van der Waals surface area contributed by atoms with Crippen LogP contribution < -0.4 is 5.56 Å². The number of hydrogen-bond donors (Lipinski definition) is 1. The summed E-state index contributed by atoms with van der Waals surface area (Å²) in [5, 5.41) is 12.1. The normalized spacial score (nSPS) is 13.9. The van der Waals surface area contributed by atoms with Crippen molar-refractivity contribution in [2.24, 2.45) is 0 Å². The van der Waals surface area contributed by atoms with E-state index in [2.05, 4.69) is 11.1 Å². The summed E-state index contributed by atoms with van der Waals surface area (Å²) in [6, 6.07) is 17.5. The summed E-state index contributed by atoms with van der Waals surface area (Å²) in [6.07, 6.45) is 3.81. The Morgan fingerprint density at radius 1 is 1.17 bits per heavy atom. The van der Waals surface area contributed by atoms with Gasteiger partial charge < -0.3 is 4.98 Å². The lowest BCUT2D eigenvalue weighted by Gasteiger charge is -2.23. The highest BCUT2D eigenvalue weighted by Gasteiger charge is 2.27. The molecule has 0 bridgehead atoms. The van der Waals surface area contributed by atoms with Crippen LogP contribution in [-0.2, 0) is 28.1 Å². The lowest BCUT2D eigenvalue weighted by Crippen LogP contribution is -2.23. The Morgan fingerprint density at radius 3 is 2.60 bits per heavy atom. The van der Waals surface area contributed by atoms with Crippen LogP contribution >= 0.6 is 0 Å². The van der Waals surface area contributed by atoms with Crippen molar-refractivity contribution in [3.63, 3.8) is 0 Å². The Morgan fingerprint density at radius 2 is 1.93 bits per heavy atom. The largest absolute Gasteiger partial charge is 0.322 e. The molecule has 6 heteroatoms. The number of aromatic nitrogens is 1. The maximum atomic E-state index is 12.2. The Kier molecular flexibility index (Phi) is 5.95. The maximum absolute atomic E-state index is 12.2. The van der Waals surface area contributed by atoms with E-state index in [1.165, 1.54) is 5.41 Å². The van der Waals surface area contributed by atoms with Crippen LogP contribution in [0.5, 0.6) is 0 Å². The fourth-order valence-corrected chi connectivity index (χ4v) is 3.88. The van der Waals surface area contributed by atoms with Gasteiger partial charge in [0.15, 0.2) is 9.84 Å². The predicted molar refractivity (Wildman–Crippen MR) is 121 cm³/mol. The minimum Gasteiger partial charge on any atom is -0.322 e. The van der Waals surface area contributed by atoms with Gasteiger partial charge in [0.1, 0.15) is 0 Å². The van der Waals surface area contributed by atoms with Gasteiger partial charge in [-0.2, -0.15) is 5.26 Å².